The Kier molecular flexibility index (Phi) is 4.93. The molecule has 1 aromatic heterocycles. The molecule has 0 aliphatic carbocycles. The van der Waals surface area contributed by atoms with Crippen LogP contribution in [0, 0.1) is 6.92 Å². The molecule has 0 saturated heterocycles. The standard InChI is InChI=1S/C18H13ClF3N3O2/c1-10-6-7-12(11(19)8-10)23-15(26)9-25-14-5-3-2-4-13(14)24-16(17(25)27)18(20,21)22/h2-8H,9H2,1H3,(H,23,26). The first-order valence-electron chi connectivity index (χ1n) is 7.79. The van der Waals surface area contributed by atoms with E-state index in [1.807, 2.05) is 6.92 Å². The summed E-state index contributed by atoms with van der Waals surface area (Å²) in [6.45, 7) is 1.20. The number of amides is 1. The van der Waals surface area contributed by atoms with Crippen molar-refractivity contribution < 1.29 is 18.0 Å². The zero-order valence-electron chi connectivity index (χ0n) is 14.0. The fourth-order valence-electron chi connectivity index (χ4n) is 2.59. The number of alkyl halides is 3. The van der Waals surface area contributed by atoms with Crippen molar-refractivity contribution >= 4 is 34.2 Å². The average Bonchev–Trinajstić information content (AvgIpc) is 2.58. The predicted octanol–water partition coefficient (Wildman–Crippen LogP) is 4.02. The summed E-state index contributed by atoms with van der Waals surface area (Å²) in [5, 5.41) is 2.79. The van der Waals surface area contributed by atoms with Crippen LogP contribution in [0.3, 0.4) is 0 Å². The fourth-order valence-corrected chi connectivity index (χ4v) is 2.87. The number of rotatable bonds is 3. The summed E-state index contributed by atoms with van der Waals surface area (Å²) >= 11 is 6.05. The highest BCUT2D eigenvalue weighted by molar-refractivity contribution is 6.33. The first-order chi connectivity index (χ1) is 12.7. The van der Waals surface area contributed by atoms with Crippen LogP contribution >= 0.6 is 11.6 Å². The lowest BCUT2D eigenvalue weighted by molar-refractivity contribution is -0.142. The van der Waals surface area contributed by atoms with Gasteiger partial charge in [0, 0.05) is 0 Å². The molecule has 27 heavy (non-hydrogen) atoms. The molecule has 2 aromatic carbocycles. The van der Waals surface area contributed by atoms with Crippen LogP contribution in [-0.4, -0.2) is 15.5 Å². The molecular weight excluding hydrogens is 383 g/mol. The molecule has 5 nitrogen and oxygen atoms in total. The molecule has 9 heteroatoms. The Balaban J connectivity index is 2.02. The van der Waals surface area contributed by atoms with Gasteiger partial charge in [0.2, 0.25) is 11.6 Å². The lowest BCUT2D eigenvalue weighted by Crippen LogP contribution is -2.34. The summed E-state index contributed by atoms with van der Waals surface area (Å²) in [4.78, 5) is 28.1. The van der Waals surface area contributed by atoms with Gasteiger partial charge in [-0.25, -0.2) is 4.98 Å². The topological polar surface area (TPSA) is 64.0 Å². The molecule has 0 atom stereocenters. The lowest BCUT2D eigenvalue weighted by Gasteiger charge is -2.14. The van der Waals surface area contributed by atoms with Crippen molar-refractivity contribution in [3.8, 4) is 0 Å². The number of carbonyl (C=O) groups is 1. The van der Waals surface area contributed by atoms with E-state index in [9.17, 15) is 22.8 Å². The van der Waals surface area contributed by atoms with Crippen LogP contribution in [0.1, 0.15) is 11.3 Å². The van der Waals surface area contributed by atoms with Crippen molar-refractivity contribution in [3.63, 3.8) is 0 Å². The Bertz CT molecular complexity index is 1090. The Morgan fingerprint density at radius 1 is 1.22 bits per heavy atom. The predicted molar refractivity (Wildman–Crippen MR) is 95.8 cm³/mol. The van der Waals surface area contributed by atoms with Gasteiger partial charge in [0.1, 0.15) is 6.54 Å². The van der Waals surface area contributed by atoms with E-state index in [2.05, 4.69) is 10.3 Å². The molecule has 3 aromatic rings. The normalized spacial score (nSPS) is 11.6. The van der Waals surface area contributed by atoms with E-state index in [-0.39, 0.29) is 16.1 Å². The number of aryl methyl sites for hydroxylation is 1. The van der Waals surface area contributed by atoms with Gasteiger partial charge < -0.3 is 5.32 Å². The van der Waals surface area contributed by atoms with Gasteiger partial charge in [-0.15, -0.1) is 0 Å². The Morgan fingerprint density at radius 3 is 2.59 bits per heavy atom. The second-order valence-corrected chi connectivity index (χ2v) is 6.28. The second-order valence-electron chi connectivity index (χ2n) is 5.87. The summed E-state index contributed by atoms with van der Waals surface area (Å²) < 4.78 is 40.2. The number of carbonyl (C=O) groups excluding carboxylic acids is 1. The van der Waals surface area contributed by atoms with Crippen molar-refractivity contribution in [1.82, 2.24) is 9.55 Å². The smallest absolute Gasteiger partial charge is 0.323 e. The van der Waals surface area contributed by atoms with Gasteiger partial charge in [0.05, 0.1) is 21.7 Å². The largest absolute Gasteiger partial charge is 0.438 e. The summed E-state index contributed by atoms with van der Waals surface area (Å²) in [7, 11) is 0. The first kappa shape index (κ1) is 18.9. The minimum Gasteiger partial charge on any atom is -0.323 e. The minimum absolute atomic E-state index is 0.0365. The number of fused-ring (bicyclic) bond motifs is 1. The van der Waals surface area contributed by atoms with E-state index in [0.29, 0.717) is 5.69 Å². The van der Waals surface area contributed by atoms with Crippen molar-refractivity contribution in [2.45, 2.75) is 19.6 Å². The van der Waals surface area contributed by atoms with E-state index in [1.54, 1.807) is 24.3 Å². The number of hydrogen-bond acceptors (Lipinski definition) is 3. The summed E-state index contributed by atoms with van der Waals surface area (Å²) in [5.74, 6) is -0.688. The van der Waals surface area contributed by atoms with Gasteiger partial charge in [-0.05, 0) is 36.8 Å². The molecule has 1 heterocycles. The van der Waals surface area contributed by atoms with Crippen molar-refractivity contribution in [2.24, 2.45) is 0 Å². The van der Waals surface area contributed by atoms with Crippen molar-refractivity contribution in [1.29, 1.82) is 0 Å². The van der Waals surface area contributed by atoms with Crippen molar-refractivity contribution in [2.75, 3.05) is 5.32 Å². The molecule has 1 amide bonds. The molecule has 0 aliphatic rings. The van der Waals surface area contributed by atoms with Gasteiger partial charge in [-0.1, -0.05) is 29.8 Å². The average molecular weight is 396 g/mol. The van der Waals surface area contributed by atoms with Gasteiger partial charge >= 0.3 is 6.18 Å². The van der Waals surface area contributed by atoms with E-state index in [0.717, 1.165) is 10.1 Å². The van der Waals surface area contributed by atoms with Crippen molar-refractivity contribution in [3.05, 3.63) is 69.1 Å². The molecule has 0 spiro atoms. The third-order valence-electron chi connectivity index (χ3n) is 3.82. The van der Waals surface area contributed by atoms with E-state index in [4.69, 9.17) is 11.6 Å². The molecular formula is C18H13ClF3N3O2. The maximum absolute atomic E-state index is 13.1. The highest BCUT2D eigenvalue weighted by Gasteiger charge is 2.37. The number of hydrogen-bond donors (Lipinski definition) is 1. The highest BCUT2D eigenvalue weighted by Crippen LogP contribution is 2.26. The first-order valence-corrected chi connectivity index (χ1v) is 8.17. The zero-order chi connectivity index (χ0) is 19.8. The molecule has 0 bridgehead atoms. The SMILES string of the molecule is Cc1ccc(NC(=O)Cn2c(=O)c(C(F)(F)F)nc3ccccc32)c(Cl)c1. The van der Waals surface area contributed by atoms with Gasteiger partial charge in [-0.3, -0.25) is 14.2 Å². The van der Waals surface area contributed by atoms with Crippen LogP contribution in [0.2, 0.25) is 5.02 Å². The van der Waals surface area contributed by atoms with E-state index < -0.39 is 29.9 Å². The molecule has 140 valence electrons. The fraction of sp³-hybridized carbons (Fsp3) is 0.167. The van der Waals surface area contributed by atoms with Gasteiger partial charge in [-0.2, -0.15) is 13.2 Å². The maximum atomic E-state index is 13.1. The lowest BCUT2D eigenvalue weighted by atomic mass is 10.2. The third-order valence-corrected chi connectivity index (χ3v) is 4.13. The number of benzene rings is 2. The molecule has 0 unspecified atom stereocenters. The second kappa shape index (κ2) is 7.03. The Morgan fingerprint density at radius 2 is 1.93 bits per heavy atom. The van der Waals surface area contributed by atoms with Crippen LogP contribution in [0.5, 0.6) is 0 Å². The number of nitrogens with zero attached hydrogens (tertiary/aromatic N) is 2. The monoisotopic (exact) mass is 395 g/mol. The zero-order valence-corrected chi connectivity index (χ0v) is 14.7. The van der Waals surface area contributed by atoms with Gasteiger partial charge in [0.25, 0.3) is 5.56 Å². The van der Waals surface area contributed by atoms with Crippen LogP contribution in [0.25, 0.3) is 11.0 Å². The number of halogens is 4. The van der Waals surface area contributed by atoms with Crippen LogP contribution in [0.4, 0.5) is 18.9 Å². The van der Waals surface area contributed by atoms with E-state index >= 15 is 0 Å². The van der Waals surface area contributed by atoms with E-state index in [1.165, 1.54) is 18.2 Å². The number of aromatic nitrogens is 2. The number of nitrogens with one attached hydrogen (secondary N) is 1. The molecule has 1 N–H and O–H groups in total. The highest BCUT2D eigenvalue weighted by atomic mass is 35.5. The number of para-hydroxylation sites is 2. The summed E-state index contributed by atoms with van der Waals surface area (Å²) in [6, 6.07) is 10.7. The minimum atomic E-state index is -4.93. The molecule has 0 fully saturated rings. The number of anilines is 1. The molecule has 0 aliphatic heterocycles. The maximum Gasteiger partial charge on any atom is 0.438 e. The summed E-state index contributed by atoms with van der Waals surface area (Å²) in [5.41, 5.74) is -1.68. The summed E-state index contributed by atoms with van der Waals surface area (Å²) in [6.07, 6.45) is -4.93. The molecule has 3 rings (SSSR count). The molecule has 0 radical (unpaired) electrons. The Hall–Kier alpha value is -2.87. The van der Waals surface area contributed by atoms with Crippen LogP contribution < -0.4 is 10.9 Å². The Labute approximate surface area is 156 Å². The third kappa shape index (κ3) is 3.95. The van der Waals surface area contributed by atoms with Gasteiger partial charge in [0.15, 0.2) is 0 Å². The van der Waals surface area contributed by atoms with Crippen LogP contribution in [0.15, 0.2) is 47.3 Å². The quantitative estimate of drug-likeness (QED) is 0.728. The molecule has 0 saturated carbocycles. The van der Waals surface area contributed by atoms with Crippen LogP contribution in [-0.2, 0) is 17.5 Å².